The van der Waals surface area contributed by atoms with Gasteiger partial charge in [0.05, 0.1) is 5.69 Å². The number of rotatable bonds is 4. The number of halogens is 1. The van der Waals surface area contributed by atoms with Crippen molar-refractivity contribution in [1.82, 2.24) is 5.32 Å². The van der Waals surface area contributed by atoms with Crippen LogP contribution < -0.4 is 10.6 Å². The number of carbonyl (C=O) groups excluding carboxylic acids is 1. The van der Waals surface area contributed by atoms with Crippen LogP contribution in [0, 0.1) is 6.92 Å². The van der Waals surface area contributed by atoms with Crippen LogP contribution in [0.4, 0.5) is 10.5 Å². The van der Waals surface area contributed by atoms with Gasteiger partial charge in [0.25, 0.3) is 0 Å². The molecule has 0 aliphatic rings. The first-order chi connectivity index (χ1) is 10.1. The highest BCUT2D eigenvalue weighted by Crippen LogP contribution is 2.24. The van der Waals surface area contributed by atoms with E-state index in [1.807, 2.05) is 55.6 Å². The number of amides is 2. The molecule has 5 heteroatoms. The third-order valence-corrected chi connectivity index (χ3v) is 4.25. The van der Waals surface area contributed by atoms with E-state index < -0.39 is 0 Å². The van der Waals surface area contributed by atoms with Crippen molar-refractivity contribution in [3.05, 3.63) is 58.6 Å². The standard InChI is InChI=1S/C16H17ClN2OS/c1-11-7-8-12(9-13(11)17)10-18-16(20)19-14-5-3-4-6-15(14)21-2/h3-9H,10H2,1-2H3,(H2,18,19,20). The topological polar surface area (TPSA) is 41.1 Å². The van der Waals surface area contributed by atoms with Crippen molar-refractivity contribution >= 4 is 35.1 Å². The van der Waals surface area contributed by atoms with Gasteiger partial charge in [0.15, 0.2) is 0 Å². The van der Waals surface area contributed by atoms with Crippen molar-refractivity contribution in [3.63, 3.8) is 0 Å². The van der Waals surface area contributed by atoms with Gasteiger partial charge in [0.1, 0.15) is 0 Å². The Labute approximate surface area is 134 Å². The normalized spacial score (nSPS) is 10.2. The molecule has 0 fully saturated rings. The first-order valence-corrected chi connectivity index (χ1v) is 8.13. The Hall–Kier alpha value is -1.65. The Morgan fingerprint density at radius 3 is 2.71 bits per heavy atom. The van der Waals surface area contributed by atoms with Gasteiger partial charge in [-0.25, -0.2) is 4.79 Å². The molecule has 0 spiro atoms. The van der Waals surface area contributed by atoms with E-state index in [9.17, 15) is 4.79 Å². The second-order valence-corrected chi connectivity index (χ2v) is 5.85. The molecule has 3 nitrogen and oxygen atoms in total. The van der Waals surface area contributed by atoms with Crippen molar-refractivity contribution < 1.29 is 4.79 Å². The van der Waals surface area contributed by atoms with Crippen molar-refractivity contribution in [2.24, 2.45) is 0 Å². The average molecular weight is 321 g/mol. The smallest absolute Gasteiger partial charge is 0.319 e. The lowest BCUT2D eigenvalue weighted by Gasteiger charge is -2.11. The van der Waals surface area contributed by atoms with Crippen LogP contribution in [0.15, 0.2) is 47.4 Å². The van der Waals surface area contributed by atoms with Crippen LogP contribution in [0.2, 0.25) is 5.02 Å². The highest BCUT2D eigenvalue weighted by molar-refractivity contribution is 7.98. The molecule has 21 heavy (non-hydrogen) atoms. The maximum atomic E-state index is 11.9. The minimum Gasteiger partial charge on any atom is -0.334 e. The van der Waals surface area contributed by atoms with E-state index in [2.05, 4.69) is 10.6 Å². The molecule has 2 aromatic rings. The molecule has 0 radical (unpaired) electrons. The number of aryl methyl sites for hydroxylation is 1. The van der Waals surface area contributed by atoms with Crippen molar-refractivity contribution in [1.29, 1.82) is 0 Å². The molecule has 2 rings (SSSR count). The first kappa shape index (κ1) is 15.7. The summed E-state index contributed by atoms with van der Waals surface area (Å²) in [5.74, 6) is 0. The molecule has 110 valence electrons. The van der Waals surface area contributed by atoms with Crippen LogP contribution in [-0.4, -0.2) is 12.3 Å². The zero-order valence-corrected chi connectivity index (χ0v) is 13.5. The highest BCUT2D eigenvalue weighted by Gasteiger charge is 2.06. The first-order valence-electron chi connectivity index (χ1n) is 6.53. The molecule has 0 bridgehead atoms. The molecular formula is C16H17ClN2OS. The molecule has 0 saturated carbocycles. The number of benzene rings is 2. The van der Waals surface area contributed by atoms with Crippen LogP contribution in [0.1, 0.15) is 11.1 Å². The Morgan fingerprint density at radius 1 is 1.24 bits per heavy atom. The highest BCUT2D eigenvalue weighted by atomic mass is 35.5. The number of hydrogen-bond acceptors (Lipinski definition) is 2. The van der Waals surface area contributed by atoms with Gasteiger partial charge < -0.3 is 10.6 Å². The lowest BCUT2D eigenvalue weighted by atomic mass is 10.1. The molecule has 0 aromatic heterocycles. The Bertz CT molecular complexity index is 646. The number of para-hydroxylation sites is 1. The number of thioether (sulfide) groups is 1. The summed E-state index contributed by atoms with van der Waals surface area (Å²) in [5, 5.41) is 6.39. The molecule has 0 saturated heterocycles. The maximum Gasteiger partial charge on any atom is 0.319 e. The summed E-state index contributed by atoms with van der Waals surface area (Å²) in [6, 6.07) is 13.2. The van der Waals surface area contributed by atoms with Gasteiger partial charge in [-0.05, 0) is 42.5 Å². The van der Waals surface area contributed by atoms with Crippen molar-refractivity contribution in [2.45, 2.75) is 18.4 Å². The quantitative estimate of drug-likeness (QED) is 0.802. The molecule has 2 N–H and O–H groups in total. The number of urea groups is 1. The molecule has 0 aliphatic heterocycles. The van der Waals surface area contributed by atoms with E-state index in [4.69, 9.17) is 11.6 Å². The van der Waals surface area contributed by atoms with Gasteiger partial charge in [-0.2, -0.15) is 0 Å². The lowest BCUT2D eigenvalue weighted by molar-refractivity contribution is 0.251. The number of carbonyl (C=O) groups is 1. The van der Waals surface area contributed by atoms with E-state index in [1.54, 1.807) is 11.8 Å². The molecule has 2 amide bonds. The third-order valence-electron chi connectivity index (χ3n) is 3.04. The Balaban J connectivity index is 1.94. The van der Waals surface area contributed by atoms with Crippen LogP contribution >= 0.6 is 23.4 Å². The summed E-state index contributed by atoms with van der Waals surface area (Å²) in [4.78, 5) is 13.0. The van der Waals surface area contributed by atoms with Gasteiger partial charge in [-0.3, -0.25) is 0 Å². The van der Waals surface area contributed by atoms with E-state index in [1.165, 1.54) is 0 Å². The minimum absolute atomic E-state index is 0.229. The van der Waals surface area contributed by atoms with Crippen molar-refractivity contribution in [2.75, 3.05) is 11.6 Å². The summed E-state index contributed by atoms with van der Waals surface area (Å²) in [5.41, 5.74) is 2.81. The average Bonchev–Trinajstić information content (AvgIpc) is 2.49. The number of anilines is 1. The fourth-order valence-corrected chi connectivity index (χ4v) is 2.60. The van der Waals surface area contributed by atoms with E-state index in [0.717, 1.165) is 21.7 Å². The third kappa shape index (κ3) is 4.41. The fraction of sp³-hybridized carbons (Fsp3) is 0.188. The van der Waals surface area contributed by atoms with Gasteiger partial charge in [-0.15, -0.1) is 11.8 Å². The zero-order chi connectivity index (χ0) is 15.2. The Morgan fingerprint density at radius 2 is 2.00 bits per heavy atom. The predicted octanol–water partition coefficient (Wildman–Crippen LogP) is 4.69. The van der Waals surface area contributed by atoms with Crippen LogP contribution in [0.5, 0.6) is 0 Å². The summed E-state index contributed by atoms with van der Waals surface area (Å²) in [6.45, 7) is 2.39. The molecule has 0 heterocycles. The van der Waals surface area contributed by atoms with Gasteiger partial charge in [0.2, 0.25) is 0 Å². The molecular weight excluding hydrogens is 304 g/mol. The minimum atomic E-state index is -0.229. The summed E-state index contributed by atoms with van der Waals surface area (Å²) in [7, 11) is 0. The van der Waals surface area contributed by atoms with Gasteiger partial charge in [-0.1, -0.05) is 35.9 Å². The second kappa shape index (κ2) is 7.38. The van der Waals surface area contributed by atoms with Gasteiger partial charge in [0, 0.05) is 16.5 Å². The zero-order valence-electron chi connectivity index (χ0n) is 11.9. The molecule has 0 atom stereocenters. The Kier molecular flexibility index (Phi) is 5.53. The van der Waals surface area contributed by atoms with Crippen LogP contribution in [-0.2, 0) is 6.54 Å². The van der Waals surface area contributed by atoms with E-state index >= 15 is 0 Å². The van der Waals surface area contributed by atoms with Crippen LogP contribution in [0.25, 0.3) is 0 Å². The van der Waals surface area contributed by atoms with Crippen LogP contribution in [0.3, 0.4) is 0 Å². The summed E-state index contributed by atoms with van der Waals surface area (Å²) >= 11 is 7.66. The maximum absolute atomic E-state index is 11.9. The monoisotopic (exact) mass is 320 g/mol. The molecule has 2 aromatic carbocycles. The second-order valence-electron chi connectivity index (χ2n) is 4.59. The SMILES string of the molecule is CSc1ccccc1NC(=O)NCc1ccc(C)c(Cl)c1. The number of hydrogen-bond donors (Lipinski definition) is 2. The molecule has 0 aliphatic carbocycles. The fourth-order valence-electron chi connectivity index (χ4n) is 1.84. The summed E-state index contributed by atoms with van der Waals surface area (Å²) < 4.78 is 0. The largest absolute Gasteiger partial charge is 0.334 e. The predicted molar refractivity (Wildman–Crippen MR) is 90.3 cm³/mol. The van der Waals surface area contributed by atoms with Gasteiger partial charge >= 0.3 is 6.03 Å². The van der Waals surface area contributed by atoms with Crippen molar-refractivity contribution in [3.8, 4) is 0 Å². The molecule has 0 unspecified atom stereocenters. The van der Waals surface area contributed by atoms with E-state index in [-0.39, 0.29) is 6.03 Å². The lowest BCUT2D eigenvalue weighted by Crippen LogP contribution is -2.28. The van der Waals surface area contributed by atoms with E-state index in [0.29, 0.717) is 11.6 Å². The number of nitrogens with one attached hydrogen (secondary N) is 2. The summed E-state index contributed by atoms with van der Waals surface area (Å²) in [6.07, 6.45) is 1.98.